The van der Waals surface area contributed by atoms with Gasteiger partial charge >= 0.3 is 6.18 Å². The van der Waals surface area contributed by atoms with Gasteiger partial charge in [-0.25, -0.2) is 0 Å². The highest BCUT2D eigenvalue weighted by Crippen LogP contribution is 2.33. The number of nitrogens with zero attached hydrogens (tertiary/aromatic N) is 3. The van der Waals surface area contributed by atoms with Crippen molar-refractivity contribution in [3.05, 3.63) is 5.82 Å². The molecule has 0 spiro atoms. The fourth-order valence-corrected chi connectivity index (χ4v) is 1.78. The normalized spacial score (nSPS) is 14.3. The van der Waals surface area contributed by atoms with Gasteiger partial charge in [-0.15, -0.1) is 10.2 Å². The quantitative estimate of drug-likeness (QED) is 0.759. The third-order valence-corrected chi connectivity index (χ3v) is 3.17. The third kappa shape index (κ3) is 2.87. The summed E-state index contributed by atoms with van der Waals surface area (Å²) >= 11 is 0.678. The Labute approximate surface area is 90.1 Å². The first kappa shape index (κ1) is 12.4. The van der Waals surface area contributed by atoms with E-state index in [4.69, 9.17) is 0 Å². The topological polar surface area (TPSA) is 30.7 Å². The third-order valence-electron chi connectivity index (χ3n) is 1.98. The second-order valence-corrected chi connectivity index (χ2v) is 4.42. The Bertz CT molecular complexity index is 334. The number of rotatable bonds is 3. The maximum absolute atomic E-state index is 12.3. The van der Waals surface area contributed by atoms with Crippen LogP contribution in [0.1, 0.15) is 19.7 Å². The average Bonchev–Trinajstić information content (AvgIpc) is 2.46. The van der Waals surface area contributed by atoms with Crippen LogP contribution in [0.15, 0.2) is 5.16 Å². The molecule has 0 saturated heterocycles. The Morgan fingerprint density at radius 2 is 2.00 bits per heavy atom. The monoisotopic (exact) mass is 239 g/mol. The van der Waals surface area contributed by atoms with Crippen LogP contribution >= 0.6 is 11.8 Å². The molecule has 0 fully saturated rings. The highest BCUT2D eigenvalue weighted by atomic mass is 32.2. The molecular weight excluding hydrogens is 227 g/mol. The van der Waals surface area contributed by atoms with Gasteiger partial charge in [0.1, 0.15) is 11.1 Å². The molecule has 86 valence electrons. The largest absolute Gasteiger partial charge is 0.400 e. The predicted molar refractivity (Wildman–Crippen MR) is 51.8 cm³/mol. The lowest BCUT2D eigenvalue weighted by Gasteiger charge is -2.13. The van der Waals surface area contributed by atoms with Crippen molar-refractivity contribution in [2.75, 3.05) is 0 Å². The SMILES string of the molecule is CCc1nnc(SC(C)C(F)(F)F)n1C. The van der Waals surface area contributed by atoms with Crippen LogP contribution < -0.4 is 0 Å². The highest BCUT2D eigenvalue weighted by Gasteiger charge is 2.37. The summed E-state index contributed by atoms with van der Waals surface area (Å²) < 4.78 is 38.4. The van der Waals surface area contributed by atoms with Gasteiger partial charge in [0.05, 0.1) is 0 Å². The van der Waals surface area contributed by atoms with Crippen LogP contribution in [0.3, 0.4) is 0 Å². The molecule has 1 rings (SSSR count). The maximum atomic E-state index is 12.3. The van der Waals surface area contributed by atoms with Gasteiger partial charge in [0.2, 0.25) is 0 Å². The van der Waals surface area contributed by atoms with E-state index in [1.165, 1.54) is 0 Å². The first-order valence-electron chi connectivity index (χ1n) is 4.48. The molecule has 1 unspecified atom stereocenters. The van der Waals surface area contributed by atoms with Gasteiger partial charge in [0.15, 0.2) is 5.16 Å². The molecule has 1 atom stereocenters. The molecule has 0 bridgehead atoms. The first-order valence-corrected chi connectivity index (χ1v) is 5.35. The molecule has 0 aliphatic carbocycles. The van der Waals surface area contributed by atoms with Crippen LogP contribution in [0.25, 0.3) is 0 Å². The minimum absolute atomic E-state index is 0.302. The molecule has 0 saturated carbocycles. The van der Waals surface area contributed by atoms with Gasteiger partial charge in [-0.05, 0) is 6.92 Å². The second kappa shape index (κ2) is 4.42. The fourth-order valence-electron chi connectivity index (χ4n) is 0.980. The molecule has 0 N–H and O–H groups in total. The van der Waals surface area contributed by atoms with Crippen LogP contribution in [0.2, 0.25) is 0 Å². The van der Waals surface area contributed by atoms with Crippen molar-refractivity contribution in [1.82, 2.24) is 14.8 Å². The molecule has 1 aromatic heterocycles. The van der Waals surface area contributed by atoms with Crippen molar-refractivity contribution >= 4 is 11.8 Å². The Morgan fingerprint density at radius 3 is 2.40 bits per heavy atom. The molecule has 0 aliphatic heterocycles. The van der Waals surface area contributed by atoms with Crippen molar-refractivity contribution in [2.24, 2.45) is 7.05 Å². The van der Waals surface area contributed by atoms with E-state index in [1.807, 2.05) is 6.92 Å². The summed E-state index contributed by atoms with van der Waals surface area (Å²) in [7, 11) is 1.67. The van der Waals surface area contributed by atoms with Gasteiger partial charge in [-0.3, -0.25) is 0 Å². The molecule has 0 aromatic carbocycles. The zero-order chi connectivity index (χ0) is 11.6. The fraction of sp³-hybridized carbons (Fsp3) is 0.750. The summed E-state index contributed by atoms with van der Waals surface area (Å²) in [5.41, 5.74) is 0. The van der Waals surface area contributed by atoms with E-state index >= 15 is 0 Å². The molecule has 3 nitrogen and oxygen atoms in total. The van der Waals surface area contributed by atoms with E-state index in [9.17, 15) is 13.2 Å². The second-order valence-electron chi connectivity index (χ2n) is 3.11. The Hall–Kier alpha value is -0.720. The minimum atomic E-state index is -4.21. The van der Waals surface area contributed by atoms with Crippen LogP contribution in [-0.4, -0.2) is 26.2 Å². The average molecular weight is 239 g/mol. The van der Waals surface area contributed by atoms with E-state index in [2.05, 4.69) is 10.2 Å². The van der Waals surface area contributed by atoms with Gasteiger partial charge in [-0.2, -0.15) is 13.2 Å². The van der Waals surface area contributed by atoms with Crippen molar-refractivity contribution < 1.29 is 13.2 Å². The van der Waals surface area contributed by atoms with Crippen molar-refractivity contribution in [3.8, 4) is 0 Å². The number of halogens is 3. The molecular formula is C8H12F3N3S. The lowest BCUT2D eigenvalue weighted by molar-refractivity contribution is -0.125. The minimum Gasteiger partial charge on any atom is -0.309 e. The van der Waals surface area contributed by atoms with Crippen LogP contribution in [-0.2, 0) is 13.5 Å². The predicted octanol–water partition coefficient (Wildman–Crippen LogP) is 2.42. The van der Waals surface area contributed by atoms with Gasteiger partial charge in [0, 0.05) is 13.5 Å². The van der Waals surface area contributed by atoms with Crippen molar-refractivity contribution in [2.45, 2.75) is 36.9 Å². The molecule has 7 heteroatoms. The van der Waals surface area contributed by atoms with Crippen LogP contribution in [0.4, 0.5) is 13.2 Å². The standard InChI is InChI=1S/C8H12F3N3S/c1-4-6-12-13-7(14(6)3)15-5(2)8(9,10)11/h5H,4H2,1-3H3. The van der Waals surface area contributed by atoms with Gasteiger partial charge < -0.3 is 4.57 Å². The number of hydrogen-bond donors (Lipinski definition) is 0. The number of alkyl halides is 3. The van der Waals surface area contributed by atoms with Crippen LogP contribution in [0, 0.1) is 0 Å². The van der Waals surface area contributed by atoms with Crippen LogP contribution in [0.5, 0.6) is 0 Å². The van der Waals surface area contributed by atoms with Crippen molar-refractivity contribution in [1.29, 1.82) is 0 Å². The molecule has 0 amide bonds. The van der Waals surface area contributed by atoms with Crippen molar-refractivity contribution in [3.63, 3.8) is 0 Å². The molecule has 1 heterocycles. The summed E-state index contributed by atoms with van der Waals surface area (Å²) in [6.07, 6.45) is -3.55. The number of aromatic nitrogens is 3. The van der Waals surface area contributed by atoms with E-state index in [0.717, 1.165) is 6.92 Å². The molecule has 0 aliphatic rings. The summed E-state index contributed by atoms with van der Waals surface area (Å²) in [4.78, 5) is 0. The van der Waals surface area contributed by atoms with E-state index in [1.54, 1.807) is 11.6 Å². The summed E-state index contributed by atoms with van der Waals surface area (Å²) in [5, 5.41) is 6.35. The summed E-state index contributed by atoms with van der Waals surface area (Å²) in [6.45, 7) is 3.00. The van der Waals surface area contributed by atoms with Gasteiger partial charge in [-0.1, -0.05) is 18.7 Å². The maximum Gasteiger partial charge on any atom is 0.400 e. The van der Waals surface area contributed by atoms with E-state index in [0.29, 0.717) is 29.2 Å². The number of aryl methyl sites for hydroxylation is 1. The van der Waals surface area contributed by atoms with E-state index < -0.39 is 11.4 Å². The number of hydrogen-bond acceptors (Lipinski definition) is 3. The molecule has 0 radical (unpaired) electrons. The first-order chi connectivity index (χ1) is 6.86. The molecule has 15 heavy (non-hydrogen) atoms. The highest BCUT2D eigenvalue weighted by molar-refractivity contribution is 7.99. The summed E-state index contributed by atoms with van der Waals surface area (Å²) in [6, 6.07) is 0. The lowest BCUT2D eigenvalue weighted by Crippen LogP contribution is -2.22. The van der Waals surface area contributed by atoms with Gasteiger partial charge in [0.25, 0.3) is 0 Å². The number of thioether (sulfide) groups is 1. The Kier molecular flexibility index (Phi) is 3.64. The smallest absolute Gasteiger partial charge is 0.309 e. The summed E-state index contributed by atoms with van der Waals surface area (Å²) in [5.74, 6) is 0.687. The Balaban J connectivity index is 2.77. The van der Waals surface area contributed by atoms with E-state index in [-0.39, 0.29) is 0 Å². The zero-order valence-corrected chi connectivity index (χ0v) is 9.48. The zero-order valence-electron chi connectivity index (χ0n) is 8.67. The Morgan fingerprint density at radius 1 is 1.40 bits per heavy atom. The lowest BCUT2D eigenvalue weighted by atomic mass is 10.5. The molecule has 1 aromatic rings.